The van der Waals surface area contributed by atoms with Gasteiger partial charge in [0.1, 0.15) is 0 Å². The zero-order valence-corrected chi connectivity index (χ0v) is 10.0. The zero-order chi connectivity index (χ0) is 11.5. The van der Waals surface area contributed by atoms with Crippen molar-refractivity contribution in [2.75, 3.05) is 5.32 Å². The second kappa shape index (κ2) is 4.58. The van der Waals surface area contributed by atoms with Crippen LogP contribution in [0.4, 0.5) is 5.69 Å². The van der Waals surface area contributed by atoms with Gasteiger partial charge in [0.25, 0.3) is 0 Å². The van der Waals surface area contributed by atoms with E-state index in [-0.39, 0.29) is 6.04 Å². The Morgan fingerprint density at radius 1 is 1.38 bits per heavy atom. The summed E-state index contributed by atoms with van der Waals surface area (Å²) in [5.74, 6) is 0. The summed E-state index contributed by atoms with van der Waals surface area (Å²) in [5.41, 5.74) is 3.17. The van der Waals surface area contributed by atoms with E-state index in [0.29, 0.717) is 0 Å². The van der Waals surface area contributed by atoms with E-state index in [2.05, 4.69) is 22.4 Å². The topological polar surface area (TPSA) is 40.7 Å². The normalized spacial score (nSPS) is 12.4. The van der Waals surface area contributed by atoms with Crippen LogP contribution in [0.3, 0.4) is 0 Å². The maximum atomic E-state index is 6.06. The summed E-state index contributed by atoms with van der Waals surface area (Å²) < 4.78 is 0. The van der Waals surface area contributed by atoms with Crippen molar-refractivity contribution >= 4 is 17.3 Å². The monoisotopic (exact) mass is 235 g/mol. The molecule has 1 unspecified atom stereocenters. The number of rotatable bonds is 3. The molecule has 0 spiro atoms. The van der Waals surface area contributed by atoms with Gasteiger partial charge in [-0.2, -0.15) is 5.10 Å². The Balaban J connectivity index is 2.18. The molecule has 0 aliphatic carbocycles. The average molecular weight is 236 g/mol. The minimum atomic E-state index is 0.180. The average Bonchev–Trinajstić information content (AvgIpc) is 2.78. The lowest BCUT2D eigenvalue weighted by molar-refractivity contribution is 0.824. The maximum Gasteiger partial charge on any atom is 0.0651 e. The molecular weight excluding hydrogens is 222 g/mol. The molecule has 2 N–H and O–H groups in total. The van der Waals surface area contributed by atoms with Crippen molar-refractivity contribution in [3.63, 3.8) is 0 Å². The first-order valence-electron chi connectivity index (χ1n) is 5.19. The molecule has 1 atom stereocenters. The van der Waals surface area contributed by atoms with Gasteiger partial charge in [-0.15, -0.1) is 0 Å². The van der Waals surface area contributed by atoms with Crippen molar-refractivity contribution < 1.29 is 0 Å². The van der Waals surface area contributed by atoms with Crippen LogP contribution < -0.4 is 5.32 Å². The molecule has 0 bridgehead atoms. The van der Waals surface area contributed by atoms with Crippen molar-refractivity contribution in [1.29, 1.82) is 0 Å². The number of nitrogens with zero attached hydrogens (tertiary/aromatic N) is 1. The number of anilines is 1. The highest BCUT2D eigenvalue weighted by Crippen LogP contribution is 2.26. The third kappa shape index (κ3) is 2.19. The van der Waals surface area contributed by atoms with Gasteiger partial charge in [-0.05, 0) is 37.6 Å². The van der Waals surface area contributed by atoms with Crippen LogP contribution in [0, 0.1) is 6.92 Å². The molecule has 4 heteroatoms. The van der Waals surface area contributed by atoms with E-state index >= 15 is 0 Å². The SMILES string of the molecule is Cc1c(Cl)cccc1NC(C)c1ccn[nH]1. The van der Waals surface area contributed by atoms with Gasteiger partial charge >= 0.3 is 0 Å². The Morgan fingerprint density at radius 3 is 2.88 bits per heavy atom. The largest absolute Gasteiger partial charge is 0.377 e. The first-order valence-corrected chi connectivity index (χ1v) is 5.57. The van der Waals surface area contributed by atoms with Crippen molar-refractivity contribution in [1.82, 2.24) is 10.2 Å². The highest BCUT2D eigenvalue weighted by atomic mass is 35.5. The first kappa shape index (κ1) is 11.0. The molecule has 84 valence electrons. The Kier molecular flexibility index (Phi) is 3.15. The number of H-pyrrole nitrogens is 1. The summed E-state index contributed by atoms with van der Waals surface area (Å²) >= 11 is 6.06. The number of hydrogen-bond donors (Lipinski definition) is 2. The minimum Gasteiger partial charge on any atom is -0.377 e. The fourth-order valence-corrected chi connectivity index (χ4v) is 1.76. The van der Waals surface area contributed by atoms with E-state index in [4.69, 9.17) is 11.6 Å². The Hall–Kier alpha value is -1.48. The van der Waals surface area contributed by atoms with Crippen molar-refractivity contribution in [3.8, 4) is 0 Å². The highest BCUT2D eigenvalue weighted by Gasteiger charge is 2.08. The Morgan fingerprint density at radius 2 is 2.19 bits per heavy atom. The second-order valence-electron chi connectivity index (χ2n) is 3.79. The molecule has 1 aromatic heterocycles. The van der Waals surface area contributed by atoms with Crippen LogP contribution in [0.2, 0.25) is 5.02 Å². The quantitative estimate of drug-likeness (QED) is 0.854. The number of hydrogen-bond acceptors (Lipinski definition) is 2. The number of benzene rings is 1. The number of nitrogens with one attached hydrogen (secondary N) is 2. The minimum absolute atomic E-state index is 0.180. The van der Waals surface area contributed by atoms with Gasteiger partial charge in [0.2, 0.25) is 0 Å². The standard InChI is InChI=1S/C12H14ClN3/c1-8-10(13)4-3-5-11(8)15-9(2)12-6-7-14-16-12/h3-7,9,15H,1-2H3,(H,14,16). The van der Waals surface area contributed by atoms with Crippen LogP contribution in [-0.4, -0.2) is 10.2 Å². The van der Waals surface area contributed by atoms with Crippen LogP contribution in [0.25, 0.3) is 0 Å². The molecule has 0 aliphatic heterocycles. The van der Waals surface area contributed by atoms with Gasteiger partial charge in [0.15, 0.2) is 0 Å². The van der Waals surface area contributed by atoms with Gasteiger partial charge in [-0.25, -0.2) is 0 Å². The lowest BCUT2D eigenvalue weighted by atomic mass is 10.1. The Bertz CT molecular complexity index is 465. The molecule has 0 fully saturated rings. The van der Waals surface area contributed by atoms with Crippen LogP contribution in [0.1, 0.15) is 24.2 Å². The maximum absolute atomic E-state index is 6.06. The van der Waals surface area contributed by atoms with Crippen molar-refractivity contribution in [3.05, 3.63) is 46.7 Å². The van der Waals surface area contributed by atoms with Gasteiger partial charge in [0, 0.05) is 16.9 Å². The zero-order valence-electron chi connectivity index (χ0n) is 9.29. The van der Waals surface area contributed by atoms with Gasteiger partial charge in [-0.3, -0.25) is 5.10 Å². The van der Waals surface area contributed by atoms with E-state index in [1.165, 1.54) is 0 Å². The Labute approximate surface area is 99.8 Å². The third-order valence-electron chi connectivity index (χ3n) is 2.63. The van der Waals surface area contributed by atoms with E-state index in [9.17, 15) is 0 Å². The number of aromatic amines is 1. The van der Waals surface area contributed by atoms with Gasteiger partial charge in [-0.1, -0.05) is 17.7 Å². The third-order valence-corrected chi connectivity index (χ3v) is 3.04. The summed E-state index contributed by atoms with van der Waals surface area (Å²) in [6.07, 6.45) is 1.75. The number of aromatic nitrogens is 2. The molecule has 3 nitrogen and oxygen atoms in total. The van der Waals surface area contributed by atoms with Crippen LogP contribution in [-0.2, 0) is 0 Å². The summed E-state index contributed by atoms with van der Waals surface area (Å²) in [5, 5.41) is 11.1. The van der Waals surface area contributed by atoms with E-state index in [0.717, 1.165) is 22.0 Å². The van der Waals surface area contributed by atoms with Crippen LogP contribution in [0.5, 0.6) is 0 Å². The summed E-state index contributed by atoms with van der Waals surface area (Å²) in [7, 11) is 0. The molecule has 1 aromatic carbocycles. The fraction of sp³-hybridized carbons (Fsp3) is 0.250. The first-order chi connectivity index (χ1) is 7.68. The van der Waals surface area contributed by atoms with E-state index < -0.39 is 0 Å². The lowest BCUT2D eigenvalue weighted by Gasteiger charge is -2.16. The van der Waals surface area contributed by atoms with Crippen molar-refractivity contribution in [2.24, 2.45) is 0 Å². The molecule has 0 saturated carbocycles. The lowest BCUT2D eigenvalue weighted by Crippen LogP contribution is -2.08. The molecule has 0 radical (unpaired) electrons. The van der Waals surface area contributed by atoms with Crippen molar-refractivity contribution in [2.45, 2.75) is 19.9 Å². The molecule has 2 rings (SSSR count). The summed E-state index contributed by atoms with van der Waals surface area (Å²) in [4.78, 5) is 0. The molecule has 2 aromatic rings. The fourth-order valence-electron chi connectivity index (χ4n) is 1.58. The van der Waals surface area contributed by atoms with Crippen LogP contribution in [0.15, 0.2) is 30.5 Å². The predicted molar refractivity (Wildman–Crippen MR) is 66.8 cm³/mol. The molecule has 16 heavy (non-hydrogen) atoms. The van der Waals surface area contributed by atoms with Crippen LogP contribution >= 0.6 is 11.6 Å². The van der Waals surface area contributed by atoms with E-state index in [1.807, 2.05) is 31.2 Å². The van der Waals surface area contributed by atoms with Gasteiger partial charge in [0.05, 0.1) is 11.7 Å². The molecular formula is C12H14ClN3. The highest BCUT2D eigenvalue weighted by molar-refractivity contribution is 6.31. The molecule has 0 saturated heterocycles. The summed E-state index contributed by atoms with van der Waals surface area (Å²) in [6, 6.07) is 7.99. The number of halogens is 1. The second-order valence-corrected chi connectivity index (χ2v) is 4.20. The molecule has 0 aliphatic rings. The predicted octanol–water partition coefficient (Wildman–Crippen LogP) is 3.54. The van der Waals surface area contributed by atoms with Gasteiger partial charge < -0.3 is 5.32 Å². The molecule has 1 heterocycles. The summed E-state index contributed by atoms with van der Waals surface area (Å²) in [6.45, 7) is 4.08. The van der Waals surface area contributed by atoms with E-state index in [1.54, 1.807) is 6.20 Å². The molecule has 0 amide bonds. The smallest absolute Gasteiger partial charge is 0.0651 e.